The fraction of sp³-hybridized carbons (Fsp3) is 0.500. The number of unbranched alkanes of at least 4 members (excludes halogenated alkanes) is 4. The Hall–Kier alpha value is -2.74. The summed E-state index contributed by atoms with van der Waals surface area (Å²) in [5.41, 5.74) is 1.13. The van der Waals surface area contributed by atoms with Gasteiger partial charge < -0.3 is 14.6 Å². The van der Waals surface area contributed by atoms with Crippen LogP contribution in [0.4, 0.5) is 6.01 Å². The van der Waals surface area contributed by atoms with Crippen LogP contribution in [0.1, 0.15) is 66.9 Å². The number of likely N-dealkylation sites (N-methyl/N-ethyl adjacent to an activating group) is 1. The Bertz CT molecular complexity index is 1080. The molecule has 7 nitrogen and oxygen atoms in total. The molecule has 0 fully saturated rings. The third-order valence-electron chi connectivity index (χ3n) is 5.51. The third kappa shape index (κ3) is 5.94. The van der Waals surface area contributed by atoms with Crippen LogP contribution in [0.25, 0.3) is 10.2 Å². The van der Waals surface area contributed by atoms with Crippen molar-refractivity contribution in [2.24, 2.45) is 0 Å². The number of pyridine rings is 1. The lowest BCUT2D eigenvalue weighted by atomic mass is 10.1. The van der Waals surface area contributed by atoms with Crippen molar-refractivity contribution in [1.82, 2.24) is 14.9 Å². The van der Waals surface area contributed by atoms with Gasteiger partial charge >= 0.3 is 5.63 Å². The van der Waals surface area contributed by atoms with Crippen molar-refractivity contribution in [3.05, 3.63) is 51.0 Å². The number of carbonyl (C=O) groups excluding carboxylic acids is 1. The Morgan fingerprint density at radius 3 is 2.72 bits per heavy atom. The van der Waals surface area contributed by atoms with Crippen LogP contribution in [0.2, 0.25) is 0 Å². The number of nitrogens with one attached hydrogen (secondary N) is 1. The van der Waals surface area contributed by atoms with Crippen LogP contribution in [0.5, 0.6) is 0 Å². The van der Waals surface area contributed by atoms with Gasteiger partial charge in [-0.1, -0.05) is 38.7 Å². The van der Waals surface area contributed by atoms with E-state index in [4.69, 9.17) is 4.42 Å². The summed E-state index contributed by atoms with van der Waals surface area (Å²) in [6.07, 6.45) is 8.22. The zero-order valence-electron chi connectivity index (χ0n) is 19.1. The molecule has 1 amide bonds. The summed E-state index contributed by atoms with van der Waals surface area (Å²) < 4.78 is 5.38. The van der Waals surface area contributed by atoms with Crippen molar-refractivity contribution < 1.29 is 9.21 Å². The zero-order valence-corrected chi connectivity index (χ0v) is 20.0. The molecule has 0 aliphatic heterocycles. The molecular formula is C24H32N4O3S. The highest BCUT2D eigenvalue weighted by atomic mass is 32.1. The summed E-state index contributed by atoms with van der Waals surface area (Å²) in [5, 5.41) is 3.51. The summed E-state index contributed by atoms with van der Waals surface area (Å²) >= 11 is 1.26. The summed E-state index contributed by atoms with van der Waals surface area (Å²) in [5.74, 6) is -0.0891. The lowest BCUT2D eigenvalue weighted by molar-refractivity contribution is 0.0770. The lowest BCUT2D eigenvalue weighted by Crippen LogP contribution is -2.32. The van der Waals surface area contributed by atoms with Crippen LogP contribution >= 0.6 is 11.3 Å². The Labute approximate surface area is 192 Å². The number of anilines is 1. The normalized spacial score (nSPS) is 11.1. The molecule has 0 saturated carbocycles. The number of nitrogens with zero attached hydrogens (tertiary/aromatic N) is 3. The Kier molecular flexibility index (Phi) is 8.79. The number of hydrogen-bond acceptors (Lipinski definition) is 7. The first-order valence-corrected chi connectivity index (χ1v) is 12.2. The summed E-state index contributed by atoms with van der Waals surface area (Å²) in [6.45, 7) is 7.78. The minimum atomic E-state index is -0.451. The number of rotatable bonds is 12. The van der Waals surface area contributed by atoms with Crippen LogP contribution < -0.4 is 10.9 Å². The molecule has 32 heavy (non-hydrogen) atoms. The monoisotopic (exact) mass is 456 g/mol. The van der Waals surface area contributed by atoms with Gasteiger partial charge in [-0.3, -0.25) is 9.78 Å². The van der Waals surface area contributed by atoms with Gasteiger partial charge in [0, 0.05) is 37.9 Å². The van der Waals surface area contributed by atoms with Crippen molar-refractivity contribution in [2.75, 3.05) is 25.0 Å². The van der Waals surface area contributed by atoms with Crippen molar-refractivity contribution in [3.8, 4) is 0 Å². The van der Waals surface area contributed by atoms with Gasteiger partial charge in [-0.15, -0.1) is 11.3 Å². The van der Waals surface area contributed by atoms with E-state index in [1.54, 1.807) is 18.0 Å². The van der Waals surface area contributed by atoms with E-state index < -0.39 is 5.63 Å². The average molecular weight is 457 g/mol. The quantitative estimate of drug-likeness (QED) is 0.384. The van der Waals surface area contributed by atoms with Gasteiger partial charge in [0.05, 0.1) is 4.88 Å². The van der Waals surface area contributed by atoms with E-state index in [1.165, 1.54) is 30.6 Å². The van der Waals surface area contributed by atoms with Gasteiger partial charge in [0.25, 0.3) is 11.9 Å². The first-order chi connectivity index (χ1) is 15.5. The van der Waals surface area contributed by atoms with Crippen molar-refractivity contribution >= 4 is 33.5 Å². The van der Waals surface area contributed by atoms with E-state index >= 15 is 0 Å². The highest BCUT2D eigenvalue weighted by Crippen LogP contribution is 2.29. The van der Waals surface area contributed by atoms with Crippen molar-refractivity contribution in [3.63, 3.8) is 0 Å². The van der Waals surface area contributed by atoms with Gasteiger partial charge in [0.1, 0.15) is 10.2 Å². The molecular weight excluding hydrogens is 424 g/mol. The van der Waals surface area contributed by atoms with Crippen LogP contribution in [0, 0.1) is 6.92 Å². The molecule has 0 aromatic carbocycles. The smallest absolute Gasteiger partial charge is 0.349 e. The average Bonchev–Trinajstić information content (AvgIpc) is 3.14. The molecule has 3 aromatic heterocycles. The SMILES string of the molecule is CCCCCCCNc1nc2sc(C(=O)N(CC)CCc3ccccn3)c(C)c2c(=O)o1. The van der Waals surface area contributed by atoms with Gasteiger partial charge in [-0.25, -0.2) is 4.79 Å². The molecule has 0 radical (unpaired) electrons. The lowest BCUT2D eigenvalue weighted by Gasteiger charge is -2.20. The van der Waals surface area contributed by atoms with E-state index in [2.05, 4.69) is 22.2 Å². The molecule has 0 atom stereocenters. The molecule has 0 aliphatic rings. The first kappa shape index (κ1) is 23.9. The highest BCUT2D eigenvalue weighted by molar-refractivity contribution is 7.20. The van der Waals surface area contributed by atoms with E-state index in [9.17, 15) is 9.59 Å². The third-order valence-corrected chi connectivity index (χ3v) is 6.68. The Morgan fingerprint density at radius 1 is 1.19 bits per heavy atom. The summed E-state index contributed by atoms with van der Waals surface area (Å²) in [6, 6.07) is 6.00. The molecule has 1 N–H and O–H groups in total. The van der Waals surface area contributed by atoms with Crippen molar-refractivity contribution in [1.29, 1.82) is 0 Å². The fourth-order valence-corrected chi connectivity index (χ4v) is 4.75. The second kappa shape index (κ2) is 11.8. The standard InChI is InChI=1S/C24H32N4O3S/c1-4-6-7-8-10-15-26-24-27-21-19(23(30)31-24)17(3)20(32-21)22(29)28(5-2)16-13-18-12-9-11-14-25-18/h9,11-12,14H,4-8,10,13,15-16H2,1-3H3,(H,26,27). The maximum absolute atomic E-state index is 13.2. The minimum Gasteiger partial charge on any atom is -0.389 e. The second-order valence-electron chi connectivity index (χ2n) is 7.84. The molecule has 3 heterocycles. The molecule has 3 aromatic rings. The van der Waals surface area contributed by atoms with Gasteiger partial charge in [-0.2, -0.15) is 4.98 Å². The van der Waals surface area contributed by atoms with Crippen LogP contribution in [-0.2, 0) is 6.42 Å². The topological polar surface area (TPSA) is 88.3 Å². The van der Waals surface area contributed by atoms with Gasteiger partial charge in [0.15, 0.2) is 0 Å². The number of aryl methyl sites for hydroxylation is 1. The number of amides is 1. The van der Waals surface area contributed by atoms with Crippen LogP contribution in [0.15, 0.2) is 33.6 Å². The molecule has 3 rings (SSSR count). The molecule has 172 valence electrons. The maximum Gasteiger partial charge on any atom is 0.349 e. The Balaban J connectivity index is 1.72. The first-order valence-electron chi connectivity index (χ1n) is 11.4. The maximum atomic E-state index is 13.2. The van der Waals surface area contributed by atoms with E-state index in [-0.39, 0.29) is 11.9 Å². The summed E-state index contributed by atoms with van der Waals surface area (Å²) in [4.78, 5) is 37.5. The highest BCUT2D eigenvalue weighted by Gasteiger charge is 2.23. The predicted molar refractivity (Wildman–Crippen MR) is 130 cm³/mol. The Morgan fingerprint density at radius 2 is 2.00 bits per heavy atom. The number of hydrogen-bond donors (Lipinski definition) is 1. The number of carbonyl (C=O) groups is 1. The van der Waals surface area contributed by atoms with Gasteiger partial charge in [-0.05, 0) is 38.0 Å². The summed E-state index contributed by atoms with van der Waals surface area (Å²) in [7, 11) is 0. The minimum absolute atomic E-state index is 0.0891. The molecule has 0 bridgehead atoms. The zero-order chi connectivity index (χ0) is 22.9. The molecule has 0 saturated heterocycles. The molecule has 0 spiro atoms. The van der Waals surface area contributed by atoms with Crippen LogP contribution in [-0.4, -0.2) is 40.4 Å². The predicted octanol–water partition coefficient (Wildman–Crippen LogP) is 5.04. The van der Waals surface area contributed by atoms with E-state index in [0.717, 1.165) is 18.5 Å². The van der Waals surface area contributed by atoms with Crippen LogP contribution in [0.3, 0.4) is 0 Å². The number of thiophene rings is 1. The molecule has 0 aliphatic carbocycles. The molecule has 8 heteroatoms. The fourth-order valence-electron chi connectivity index (χ4n) is 3.62. The van der Waals surface area contributed by atoms with Gasteiger partial charge in [0.2, 0.25) is 0 Å². The number of aromatic nitrogens is 2. The molecule has 0 unspecified atom stereocenters. The van der Waals surface area contributed by atoms with E-state index in [1.807, 2.05) is 25.1 Å². The van der Waals surface area contributed by atoms with Crippen molar-refractivity contribution in [2.45, 2.75) is 59.3 Å². The number of fused-ring (bicyclic) bond motifs is 1. The second-order valence-corrected chi connectivity index (χ2v) is 8.84. The van der Waals surface area contributed by atoms with E-state index in [0.29, 0.717) is 46.7 Å². The largest absolute Gasteiger partial charge is 0.389 e.